The summed E-state index contributed by atoms with van der Waals surface area (Å²) in [7, 11) is 1.45. The van der Waals surface area contributed by atoms with Crippen molar-refractivity contribution in [2.24, 2.45) is 0 Å². The first-order chi connectivity index (χ1) is 10.8. The molecule has 1 aliphatic rings. The van der Waals surface area contributed by atoms with E-state index in [0.717, 1.165) is 11.8 Å². The lowest BCUT2D eigenvalue weighted by Gasteiger charge is -2.12. The normalized spacial score (nSPS) is 16.3. The van der Waals surface area contributed by atoms with Gasteiger partial charge in [0, 0.05) is 6.54 Å². The molecular formula is C15H15NO5S2. The lowest BCUT2D eigenvalue weighted by atomic mass is 10.1. The summed E-state index contributed by atoms with van der Waals surface area (Å²) in [6, 6.07) is 3.34. The van der Waals surface area contributed by atoms with Gasteiger partial charge >= 0.3 is 5.97 Å². The van der Waals surface area contributed by atoms with E-state index in [-0.39, 0.29) is 24.6 Å². The number of carbonyl (C=O) groups excluding carboxylic acids is 1. The largest absolute Gasteiger partial charge is 0.504 e. The number of carboxylic acid groups (broad SMARTS) is 1. The predicted octanol–water partition coefficient (Wildman–Crippen LogP) is 2.39. The molecule has 1 heterocycles. The van der Waals surface area contributed by atoms with Crippen molar-refractivity contribution in [3.63, 3.8) is 0 Å². The summed E-state index contributed by atoms with van der Waals surface area (Å²) >= 11 is 6.25. The highest BCUT2D eigenvalue weighted by Crippen LogP contribution is 2.35. The summed E-state index contributed by atoms with van der Waals surface area (Å²) < 4.78 is 5.43. The maximum atomic E-state index is 12.3. The van der Waals surface area contributed by atoms with Gasteiger partial charge in [-0.3, -0.25) is 14.5 Å². The van der Waals surface area contributed by atoms with E-state index >= 15 is 0 Å². The molecule has 23 heavy (non-hydrogen) atoms. The number of carboxylic acids is 1. The van der Waals surface area contributed by atoms with Gasteiger partial charge in [-0.2, -0.15) is 0 Å². The second kappa shape index (κ2) is 7.01. The lowest BCUT2D eigenvalue weighted by molar-refractivity contribution is -0.137. The Labute approximate surface area is 142 Å². The zero-order valence-corrected chi connectivity index (χ0v) is 14.2. The van der Waals surface area contributed by atoms with E-state index in [1.165, 1.54) is 12.0 Å². The molecule has 2 N–H and O–H groups in total. The first kappa shape index (κ1) is 17.3. The number of hydrogen-bond donors (Lipinski definition) is 2. The number of hydrogen-bond acceptors (Lipinski definition) is 6. The first-order valence-electron chi connectivity index (χ1n) is 6.68. The van der Waals surface area contributed by atoms with E-state index < -0.39 is 5.97 Å². The number of aliphatic carboxylic acids is 1. The zero-order valence-electron chi connectivity index (χ0n) is 12.5. The Morgan fingerprint density at radius 1 is 1.48 bits per heavy atom. The van der Waals surface area contributed by atoms with Gasteiger partial charge in [0.2, 0.25) is 0 Å². The number of methoxy groups -OCH3 is 1. The Morgan fingerprint density at radius 3 is 2.78 bits per heavy atom. The third kappa shape index (κ3) is 3.83. The van der Waals surface area contributed by atoms with Crippen LogP contribution in [0.2, 0.25) is 0 Å². The number of phenolic OH excluding ortho intramolecular Hbond substituents is 1. The zero-order chi connectivity index (χ0) is 17.1. The van der Waals surface area contributed by atoms with Crippen molar-refractivity contribution < 1.29 is 24.5 Å². The van der Waals surface area contributed by atoms with Crippen LogP contribution >= 0.6 is 24.0 Å². The van der Waals surface area contributed by atoms with Crippen LogP contribution in [-0.2, 0) is 9.59 Å². The van der Waals surface area contributed by atoms with Crippen LogP contribution in [0.3, 0.4) is 0 Å². The highest BCUT2D eigenvalue weighted by atomic mass is 32.2. The number of thiocarbonyl (C=S) groups is 1. The predicted molar refractivity (Wildman–Crippen MR) is 91.5 cm³/mol. The highest BCUT2D eigenvalue weighted by molar-refractivity contribution is 8.26. The molecule has 8 heteroatoms. The number of aryl methyl sites for hydroxylation is 1. The van der Waals surface area contributed by atoms with E-state index in [1.54, 1.807) is 25.1 Å². The van der Waals surface area contributed by atoms with Gasteiger partial charge < -0.3 is 14.9 Å². The summed E-state index contributed by atoms with van der Waals surface area (Å²) in [5.41, 5.74) is 1.31. The van der Waals surface area contributed by atoms with Crippen LogP contribution in [0.5, 0.6) is 11.5 Å². The van der Waals surface area contributed by atoms with E-state index in [9.17, 15) is 14.7 Å². The number of nitrogens with zero attached hydrogens (tertiary/aromatic N) is 1. The molecule has 1 aliphatic heterocycles. The summed E-state index contributed by atoms with van der Waals surface area (Å²) in [6.07, 6.45) is 1.49. The molecule has 2 rings (SSSR count). The average Bonchev–Trinajstić information content (AvgIpc) is 2.74. The first-order valence-corrected chi connectivity index (χ1v) is 7.90. The third-order valence-electron chi connectivity index (χ3n) is 3.23. The van der Waals surface area contributed by atoms with Crippen LogP contribution < -0.4 is 4.74 Å². The van der Waals surface area contributed by atoms with E-state index in [4.69, 9.17) is 22.1 Å². The van der Waals surface area contributed by atoms with Gasteiger partial charge in [0.15, 0.2) is 11.5 Å². The van der Waals surface area contributed by atoms with Crippen molar-refractivity contribution in [3.05, 3.63) is 28.2 Å². The number of ether oxygens (including phenoxy) is 1. The lowest BCUT2D eigenvalue weighted by Crippen LogP contribution is -2.30. The second-order valence-corrected chi connectivity index (χ2v) is 6.54. The number of aromatic hydroxyl groups is 1. The Hall–Kier alpha value is -2.06. The van der Waals surface area contributed by atoms with Crippen LogP contribution in [0.15, 0.2) is 17.0 Å². The quantitative estimate of drug-likeness (QED) is 0.621. The van der Waals surface area contributed by atoms with Crippen molar-refractivity contribution >= 4 is 46.3 Å². The minimum atomic E-state index is -0.984. The summed E-state index contributed by atoms with van der Waals surface area (Å²) in [5, 5.41) is 18.6. The Balaban J connectivity index is 2.27. The monoisotopic (exact) mass is 353 g/mol. The fourth-order valence-corrected chi connectivity index (χ4v) is 3.37. The third-order valence-corrected chi connectivity index (χ3v) is 4.61. The molecule has 122 valence electrons. The van der Waals surface area contributed by atoms with Gasteiger partial charge in [-0.15, -0.1) is 0 Å². The number of rotatable bonds is 5. The van der Waals surface area contributed by atoms with Crippen LogP contribution in [0.25, 0.3) is 6.08 Å². The van der Waals surface area contributed by atoms with Gasteiger partial charge in [-0.05, 0) is 36.3 Å². The van der Waals surface area contributed by atoms with Gasteiger partial charge in [0.25, 0.3) is 5.91 Å². The van der Waals surface area contributed by atoms with Crippen molar-refractivity contribution in [2.75, 3.05) is 13.7 Å². The minimum absolute atomic E-state index is 0.0509. The average molecular weight is 353 g/mol. The van der Waals surface area contributed by atoms with Crippen molar-refractivity contribution in [1.29, 1.82) is 0 Å². The second-order valence-electron chi connectivity index (χ2n) is 4.87. The van der Waals surface area contributed by atoms with E-state index in [2.05, 4.69) is 0 Å². The SMILES string of the molecule is COc1cc(/C=C2\SC(=S)N(CCC(=O)O)C2=O)cc(C)c1O. The van der Waals surface area contributed by atoms with Gasteiger partial charge in [-0.1, -0.05) is 24.0 Å². The molecule has 0 aliphatic carbocycles. The van der Waals surface area contributed by atoms with Gasteiger partial charge in [-0.25, -0.2) is 0 Å². The maximum absolute atomic E-state index is 12.3. The molecule has 0 unspecified atom stereocenters. The molecule has 1 aromatic rings. The molecule has 1 fully saturated rings. The standard InChI is InChI=1S/C15H15NO5S2/c1-8-5-9(6-10(21-2)13(8)19)7-11-14(20)16(15(22)23-11)4-3-12(17)18/h5-7,19H,3-4H2,1-2H3,(H,17,18)/b11-7-. The molecular weight excluding hydrogens is 338 g/mol. The fraction of sp³-hybridized carbons (Fsp3) is 0.267. The Bertz CT molecular complexity index is 714. The number of benzene rings is 1. The summed E-state index contributed by atoms with van der Waals surface area (Å²) in [4.78, 5) is 24.6. The number of carbonyl (C=O) groups is 2. The molecule has 0 bridgehead atoms. The van der Waals surface area contributed by atoms with Crippen LogP contribution in [-0.4, -0.2) is 45.0 Å². The van der Waals surface area contributed by atoms with Crippen LogP contribution in [0, 0.1) is 6.92 Å². The van der Waals surface area contributed by atoms with Crippen molar-refractivity contribution in [2.45, 2.75) is 13.3 Å². The topological polar surface area (TPSA) is 87.1 Å². The molecule has 1 saturated heterocycles. The van der Waals surface area contributed by atoms with Crippen LogP contribution in [0.4, 0.5) is 0 Å². The van der Waals surface area contributed by atoms with Gasteiger partial charge in [0.05, 0.1) is 18.4 Å². The molecule has 0 atom stereocenters. The summed E-state index contributed by atoms with van der Waals surface area (Å²) in [5.74, 6) is -0.927. The number of amides is 1. The number of thioether (sulfide) groups is 1. The molecule has 0 saturated carbocycles. The highest BCUT2D eigenvalue weighted by Gasteiger charge is 2.32. The Kier molecular flexibility index (Phi) is 5.27. The van der Waals surface area contributed by atoms with Gasteiger partial charge in [0.1, 0.15) is 4.32 Å². The van der Waals surface area contributed by atoms with E-state index in [1.807, 2.05) is 0 Å². The molecule has 0 spiro atoms. The summed E-state index contributed by atoms with van der Waals surface area (Å²) in [6.45, 7) is 1.78. The molecule has 1 amide bonds. The molecule has 6 nitrogen and oxygen atoms in total. The van der Waals surface area contributed by atoms with Crippen LogP contribution in [0.1, 0.15) is 17.5 Å². The minimum Gasteiger partial charge on any atom is -0.504 e. The molecule has 1 aromatic carbocycles. The number of phenols is 1. The maximum Gasteiger partial charge on any atom is 0.305 e. The van der Waals surface area contributed by atoms with Crippen molar-refractivity contribution in [3.8, 4) is 11.5 Å². The van der Waals surface area contributed by atoms with E-state index in [0.29, 0.717) is 26.1 Å². The Morgan fingerprint density at radius 2 is 2.17 bits per heavy atom. The smallest absolute Gasteiger partial charge is 0.305 e. The molecule has 0 aromatic heterocycles. The molecule has 0 radical (unpaired) electrons. The fourth-order valence-electron chi connectivity index (χ4n) is 2.06. The van der Waals surface area contributed by atoms with Crippen molar-refractivity contribution in [1.82, 2.24) is 4.90 Å².